The van der Waals surface area contributed by atoms with Crippen molar-refractivity contribution >= 4 is 17.6 Å². The van der Waals surface area contributed by atoms with Gasteiger partial charge in [-0.2, -0.15) is 0 Å². The van der Waals surface area contributed by atoms with Gasteiger partial charge < -0.3 is 15.5 Å². The molecule has 1 aromatic heterocycles. The lowest BCUT2D eigenvalue weighted by Crippen LogP contribution is -2.42. The van der Waals surface area contributed by atoms with Gasteiger partial charge >= 0.3 is 6.03 Å². The number of carbonyl (C=O) groups excluding carboxylic acids is 2. The molecule has 1 saturated heterocycles. The van der Waals surface area contributed by atoms with E-state index in [2.05, 4.69) is 15.6 Å². The Labute approximate surface area is 166 Å². The SMILES string of the molecule is Cc1ccc(NC(=O)N2CCCC(CCC(=O)NCc3cccnc3)C2)cc1. The van der Waals surface area contributed by atoms with Crippen molar-refractivity contribution in [3.8, 4) is 0 Å². The fourth-order valence-electron chi connectivity index (χ4n) is 3.45. The van der Waals surface area contributed by atoms with Gasteiger partial charge in [-0.3, -0.25) is 9.78 Å². The molecule has 2 aromatic rings. The zero-order chi connectivity index (χ0) is 19.8. The molecule has 1 aliphatic rings. The third-order valence-corrected chi connectivity index (χ3v) is 5.10. The number of hydrogen-bond donors (Lipinski definition) is 2. The summed E-state index contributed by atoms with van der Waals surface area (Å²) >= 11 is 0. The molecule has 1 unspecified atom stereocenters. The van der Waals surface area contributed by atoms with Crippen LogP contribution in [0.2, 0.25) is 0 Å². The molecule has 28 heavy (non-hydrogen) atoms. The van der Waals surface area contributed by atoms with Crippen molar-refractivity contribution in [2.45, 2.75) is 39.2 Å². The first-order chi connectivity index (χ1) is 13.6. The number of amides is 3. The van der Waals surface area contributed by atoms with Gasteiger partial charge in [0.15, 0.2) is 0 Å². The first kappa shape index (κ1) is 19.9. The summed E-state index contributed by atoms with van der Waals surface area (Å²) in [5, 5.41) is 5.90. The van der Waals surface area contributed by atoms with E-state index in [1.165, 1.54) is 0 Å². The molecule has 2 N–H and O–H groups in total. The van der Waals surface area contributed by atoms with Gasteiger partial charge in [-0.15, -0.1) is 0 Å². The van der Waals surface area contributed by atoms with Crippen LogP contribution in [0, 0.1) is 12.8 Å². The molecule has 6 nitrogen and oxygen atoms in total. The van der Waals surface area contributed by atoms with E-state index in [0.717, 1.165) is 42.6 Å². The highest BCUT2D eigenvalue weighted by Crippen LogP contribution is 2.22. The van der Waals surface area contributed by atoms with Crippen LogP contribution in [0.3, 0.4) is 0 Å². The largest absolute Gasteiger partial charge is 0.352 e. The third-order valence-electron chi connectivity index (χ3n) is 5.10. The predicted octanol–water partition coefficient (Wildman–Crippen LogP) is 3.73. The Morgan fingerprint density at radius 3 is 2.79 bits per heavy atom. The number of piperidine rings is 1. The minimum Gasteiger partial charge on any atom is -0.352 e. The average Bonchev–Trinajstić information content (AvgIpc) is 2.73. The van der Waals surface area contributed by atoms with E-state index in [9.17, 15) is 9.59 Å². The quantitative estimate of drug-likeness (QED) is 0.802. The molecule has 0 spiro atoms. The Morgan fingerprint density at radius 2 is 2.04 bits per heavy atom. The Bertz CT molecular complexity index is 777. The molecule has 1 atom stereocenters. The number of aromatic nitrogens is 1. The zero-order valence-corrected chi connectivity index (χ0v) is 16.4. The van der Waals surface area contributed by atoms with Crippen LogP contribution in [-0.2, 0) is 11.3 Å². The number of carbonyl (C=O) groups is 2. The molecule has 1 aliphatic heterocycles. The molecule has 1 aromatic carbocycles. The highest BCUT2D eigenvalue weighted by atomic mass is 16.2. The summed E-state index contributed by atoms with van der Waals surface area (Å²) in [5.74, 6) is 0.409. The topological polar surface area (TPSA) is 74.3 Å². The van der Waals surface area contributed by atoms with Crippen molar-refractivity contribution < 1.29 is 9.59 Å². The van der Waals surface area contributed by atoms with Gasteiger partial charge in [0, 0.05) is 44.1 Å². The van der Waals surface area contributed by atoms with Crippen molar-refractivity contribution in [1.82, 2.24) is 15.2 Å². The van der Waals surface area contributed by atoms with Crippen molar-refractivity contribution in [3.05, 3.63) is 59.9 Å². The van der Waals surface area contributed by atoms with E-state index in [4.69, 9.17) is 0 Å². The molecule has 2 heterocycles. The van der Waals surface area contributed by atoms with Crippen LogP contribution < -0.4 is 10.6 Å². The predicted molar refractivity (Wildman–Crippen MR) is 110 cm³/mol. The molecular formula is C22H28N4O2. The van der Waals surface area contributed by atoms with Crippen LogP contribution in [0.5, 0.6) is 0 Å². The average molecular weight is 380 g/mol. The van der Waals surface area contributed by atoms with Gasteiger partial charge in [0.05, 0.1) is 0 Å². The zero-order valence-electron chi connectivity index (χ0n) is 16.4. The summed E-state index contributed by atoms with van der Waals surface area (Å²) in [7, 11) is 0. The van der Waals surface area contributed by atoms with Crippen LogP contribution in [0.1, 0.15) is 36.8 Å². The molecule has 0 saturated carbocycles. The van der Waals surface area contributed by atoms with Crippen LogP contribution in [-0.4, -0.2) is 34.9 Å². The first-order valence-electron chi connectivity index (χ1n) is 9.88. The summed E-state index contributed by atoms with van der Waals surface area (Å²) in [6.45, 7) is 3.99. The number of benzene rings is 1. The third kappa shape index (κ3) is 6.08. The number of rotatable bonds is 6. The monoisotopic (exact) mass is 380 g/mol. The molecular weight excluding hydrogens is 352 g/mol. The van der Waals surface area contributed by atoms with Crippen LogP contribution in [0.25, 0.3) is 0 Å². The van der Waals surface area contributed by atoms with E-state index >= 15 is 0 Å². The molecule has 0 radical (unpaired) electrons. The fraction of sp³-hybridized carbons (Fsp3) is 0.409. The van der Waals surface area contributed by atoms with Crippen molar-refractivity contribution in [1.29, 1.82) is 0 Å². The molecule has 148 valence electrons. The van der Waals surface area contributed by atoms with Gasteiger partial charge in [0.2, 0.25) is 5.91 Å². The van der Waals surface area contributed by atoms with Crippen molar-refractivity contribution in [3.63, 3.8) is 0 Å². The van der Waals surface area contributed by atoms with Gasteiger partial charge in [-0.25, -0.2) is 4.79 Å². The number of anilines is 1. The minimum absolute atomic E-state index is 0.0464. The van der Waals surface area contributed by atoms with Crippen molar-refractivity contribution in [2.24, 2.45) is 5.92 Å². The minimum atomic E-state index is -0.0606. The maximum Gasteiger partial charge on any atom is 0.321 e. The molecule has 3 amide bonds. The summed E-state index contributed by atoms with van der Waals surface area (Å²) in [6.07, 6.45) is 6.79. The first-order valence-corrected chi connectivity index (χ1v) is 9.88. The number of hydrogen-bond acceptors (Lipinski definition) is 3. The number of nitrogens with zero attached hydrogens (tertiary/aromatic N) is 2. The van der Waals surface area contributed by atoms with Gasteiger partial charge in [-0.05, 0) is 55.9 Å². The lowest BCUT2D eigenvalue weighted by atomic mass is 9.93. The second-order valence-electron chi connectivity index (χ2n) is 7.43. The Hall–Kier alpha value is -2.89. The molecule has 0 bridgehead atoms. The number of likely N-dealkylation sites (tertiary alicyclic amines) is 1. The van der Waals surface area contributed by atoms with E-state index < -0.39 is 0 Å². The second kappa shape index (κ2) is 9.88. The Kier molecular flexibility index (Phi) is 7.00. The maximum atomic E-state index is 12.5. The molecule has 1 fully saturated rings. The summed E-state index contributed by atoms with van der Waals surface area (Å²) in [6, 6.07) is 11.5. The second-order valence-corrected chi connectivity index (χ2v) is 7.43. The summed E-state index contributed by atoms with van der Waals surface area (Å²) < 4.78 is 0. The number of urea groups is 1. The normalized spacial score (nSPS) is 16.5. The van der Waals surface area contributed by atoms with E-state index in [-0.39, 0.29) is 11.9 Å². The Morgan fingerprint density at radius 1 is 1.21 bits per heavy atom. The summed E-state index contributed by atoms with van der Waals surface area (Å²) in [5.41, 5.74) is 2.97. The Balaban J connectivity index is 1.41. The highest BCUT2D eigenvalue weighted by Gasteiger charge is 2.24. The maximum absolute atomic E-state index is 12.5. The van der Waals surface area contributed by atoms with Crippen LogP contribution in [0.4, 0.5) is 10.5 Å². The van der Waals surface area contributed by atoms with E-state index in [1.807, 2.05) is 48.2 Å². The van der Waals surface area contributed by atoms with E-state index in [0.29, 0.717) is 25.4 Å². The molecule has 6 heteroatoms. The molecule has 0 aliphatic carbocycles. The standard InChI is InChI=1S/C22H28N4O2/c1-17-6-9-20(10-7-17)25-22(28)26-13-3-5-18(16-26)8-11-21(27)24-15-19-4-2-12-23-14-19/h2,4,6-7,9-10,12,14,18H,3,5,8,11,13,15-16H2,1H3,(H,24,27)(H,25,28). The molecule has 3 rings (SSSR count). The van der Waals surface area contributed by atoms with Crippen molar-refractivity contribution in [2.75, 3.05) is 18.4 Å². The fourth-order valence-corrected chi connectivity index (χ4v) is 3.45. The number of pyridine rings is 1. The number of aryl methyl sites for hydroxylation is 1. The lowest BCUT2D eigenvalue weighted by Gasteiger charge is -2.32. The highest BCUT2D eigenvalue weighted by molar-refractivity contribution is 5.89. The van der Waals surface area contributed by atoms with Gasteiger partial charge in [0.1, 0.15) is 0 Å². The number of nitrogens with one attached hydrogen (secondary N) is 2. The van der Waals surface area contributed by atoms with Gasteiger partial charge in [0.25, 0.3) is 0 Å². The lowest BCUT2D eigenvalue weighted by molar-refractivity contribution is -0.121. The van der Waals surface area contributed by atoms with E-state index in [1.54, 1.807) is 12.4 Å². The van der Waals surface area contributed by atoms with Crippen LogP contribution in [0.15, 0.2) is 48.8 Å². The van der Waals surface area contributed by atoms with Gasteiger partial charge in [-0.1, -0.05) is 23.8 Å². The van der Waals surface area contributed by atoms with Crippen LogP contribution >= 0.6 is 0 Å². The summed E-state index contributed by atoms with van der Waals surface area (Å²) in [4.78, 5) is 30.6. The smallest absolute Gasteiger partial charge is 0.321 e.